The predicted octanol–water partition coefficient (Wildman–Crippen LogP) is 1.47. The maximum Gasteiger partial charge on any atom is 0.243 e. The summed E-state index contributed by atoms with van der Waals surface area (Å²) in [4.78, 5) is 26.2. The third-order valence-electron chi connectivity index (χ3n) is 4.05. The van der Waals surface area contributed by atoms with Gasteiger partial charge in [0.1, 0.15) is 0 Å². The van der Waals surface area contributed by atoms with Crippen molar-refractivity contribution in [3.05, 3.63) is 29.3 Å². The molecule has 1 saturated heterocycles. The standard InChI is InChI=1S/C18H27N3O3/c1-12-6-5-7-13(2)18(12)20-16(22)8-19-17(23)11-21-9-14(3)24-15(4)10-21/h5-7,14-15H,8-11H2,1-4H3,(H,19,23)(H,20,22)/t14-,15-/m0/s1. The van der Waals surface area contributed by atoms with E-state index in [0.29, 0.717) is 0 Å². The van der Waals surface area contributed by atoms with E-state index in [9.17, 15) is 9.59 Å². The minimum atomic E-state index is -0.218. The smallest absolute Gasteiger partial charge is 0.243 e. The Morgan fingerprint density at radius 1 is 1.12 bits per heavy atom. The van der Waals surface area contributed by atoms with Crippen molar-refractivity contribution in [3.63, 3.8) is 0 Å². The Morgan fingerprint density at radius 2 is 1.71 bits per heavy atom. The van der Waals surface area contributed by atoms with E-state index in [1.807, 2.05) is 45.9 Å². The van der Waals surface area contributed by atoms with Crippen LogP contribution in [0.3, 0.4) is 0 Å². The number of amides is 2. The Morgan fingerprint density at radius 3 is 2.29 bits per heavy atom. The molecule has 2 amide bonds. The molecule has 2 rings (SSSR count). The van der Waals surface area contributed by atoms with Crippen LogP contribution in [0.1, 0.15) is 25.0 Å². The summed E-state index contributed by atoms with van der Waals surface area (Å²) < 4.78 is 5.65. The Balaban J connectivity index is 1.78. The van der Waals surface area contributed by atoms with E-state index in [4.69, 9.17) is 4.74 Å². The number of benzene rings is 1. The van der Waals surface area contributed by atoms with Gasteiger partial charge in [0.15, 0.2) is 0 Å². The SMILES string of the molecule is Cc1cccc(C)c1NC(=O)CNC(=O)CN1C[C@H](C)O[C@@H](C)C1. The quantitative estimate of drug-likeness (QED) is 0.856. The van der Waals surface area contributed by atoms with Crippen molar-refractivity contribution in [1.82, 2.24) is 10.2 Å². The first kappa shape index (κ1) is 18.4. The van der Waals surface area contributed by atoms with Crippen LogP contribution < -0.4 is 10.6 Å². The molecular weight excluding hydrogens is 306 g/mol. The van der Waals surface area contributed by atoms with Gasteiger partial charge in [-0.15, -0.1) is 0 Å². The van der Waals surface area contributed by atoms with Crippen molar-refractivity contribution in [2.75, 3.05) is 31.5 Å². The lowest BCUT2D eigenvalue weighted by molar-refractivity contribution is -0.128. The molecule has 0 unspecified atom stereocenters. The second kappa shape index (κ2) is 8.26. The fourth-order valence-corrected chi connectivity index (χ4v) is 3.05. The lowest BCUT2D eigenvalue weighted by Gasteiger charge is -2.34. The van der Waals surface area contributed by atoms with Gasteiger partial charge in [-0.2, -0.15) is 0 Å². The van der Waals surface area contributed by atoms with E-state index in [1.54, 1.807) is 0 Å². The summed E-state index contributed by atoms with van der Waals surface area (Å²) in [6.45, 7) is 9.61. The molecule has 0 aliphatic carbocycles. The van der Waals surface area contributed by atoms with Crippen LogP contribution in [0.2, 0.25) is 0 Å². The van der Waals surface area contributed by atoms with Gasteiger partial charge in [0.2, 0.25) is 11.8 Å². The fraction of sp³-hybridized carbons (Fsp3) is 0.556. The second-order valence-electron chi connectivity index (χ2n) is 6.54. The van der Waals surface area contributed by atoms with Crippen LogP contribution in [0.4, 0.5) is 5.69 Å². The maximum atomic E-state index is 12.1. The summed E-state index contributed by atoms with van der Waals surface area (Å²) in [7, 11) is 0. The number of nitrogens with zero attached hydrogens (tertiary/aromatic N) is 1. The number of rotatable bonds is 5. The number of carbonyl (C=O) groups is 2. The highest BCUT2D eigenvalue weighted by atomic mass is 16.5. The van der Waals surface area contributed by atoms with Gasteiger partial charge in [0.25, 0.3) is 0 Å². The number of anilines is 1. The molecule has 1 aliphatic rings. The molecule has 6 heteroatoms. The van der Waals surface area contributed by atoms with Gasteiger partial charge in [0.05, 0.1) is 25.3 Å². The average Bonchev–Trinajstić information content (AvgIpc) is 2.48. The molecule has 0 aromatic heterocycles. The molecule has 2 atom stereocenters. The zero-order valence-electron chi connectivity index (χ0n) is 14.9. The van der Waals surface area contributed by atoms with Gasteiger partial charge in [-0.25, -0.2) is 0 Å². The number of carbonyl (C=O) groups excluding carboxylic acids is 2. The molecule has 1 fully saturated rings. The number of hydrogen-bond acceptors (Lipinski definition) is 4. The maximum absolute atomic E-state index is 12.1. The zero-order chi connectivity index (χ0) is 17.7. The van der Waals surface area contributed by atoms with Crippen molar-refractivity contribution in [2.45, 2.75) is 39.9 Å². The molecule has 1 aliphatic heterocycles. The lowest BCUT2D eigenvalue weighted by atomic mass is 10.1. The summed E-state index contributed by atoms with van der Waals surface area (Å²) >= 11 is 0. The zero-order valence-corrected chi connectivity index (χ0v) is 14.9. The molecule has 6 nitrogen and oxygen atoms in total. The highest BCUT2D eigenvalue weighted by Crippen LogP contribution is 2.19. The molecule has 24 heavy (non-hydrogen) atoms. The Hall–Kier alpha value is -1.92. The molecule has 0 spiro atoms. The Bertz CT molecular complexity index is 573. The largest absolute Gasteiger partial charge is 0.373 e. The van der Waals surface area contributed by atoms with Gasteiger partial charge in [-0.1, -0.05) is 18.2 Å². The monoisotopic (exact) mass is 333 g/mol. The van der Waals surface area contributed by atoms with E-state index in [-0.39, 0.29) is 37.1 Å². The van der Waals surface area contributed by atoms with Crippen LogP contribution in [-0.2, 0) is 14.3 Å². The third kappa shape index (κ3) is 5.32. The summed E-state index contributed by atoms with van der Waals surface area (Å²) in [5, 5.41) is 5.55. The first-order chi connectivity index (χ1) is 11.3. The molecular formula is C18H27N3O3. The highest BCUT2D eigenvalue weighted by molar-refractivity contribution is 5.95. The van der Waals surface area contributed by atoms with Crippen LogP contribution in [0.15, 0.2) is 18.2 Å². The molecule has 0 saturated carbocycles. The number of ether oxygens (including phenoxy) is 1. The van der Waals surface area contributed by atoms with Crippen molar-refractivity contribution >= 4 is 17.5 Å². The molecule has 1 aromatic carbocycles. The normalized spacial score (nSPS) is 21.3. The number of morpholine rings is 1. The first-order valence-electron chi connectivity index (χ1n) is 8.35. The van der Waals surface area contributed by atoms with E-state index < -0.39 is 0 Å². The average molecular weight is 333 g/mol. The number of para-hydroxylation sites is 1. The van der Waals surface area contributed by atoms with Crippen LogP contribution in [0.25, 0.3) is 0 Å². The van der Waals surface area contributed by atoms with Gasteiger partial charge < -0.3 is 15.4 Å². The Kier molecular flexibility index (Phi) is 6.34. The lowest BCUT2D eigenvalue weighted by Crippen LogP contribution is -2.49. The van der Waals surface area contributed by atoms with E-state index in [2.05, 4.69) is 15.5 Å². The summed E-state index contributed by atoms with van der Waals surface area (Å²) in [6, 6.07) is 5.84. The molecule has 1 heterocycles. The van der Waals surface area contributed by atoms with Crippen LogP contribution in [0.5, 0.6) is 0 Å². The highest BCUT2D eigenvalue weighted by Gasteiger charge is 2.23. The third-order valence-corrected chi connectivity index (χ3v) is 4.05. The van der Waals surface area contributed by atoms with Crippen molar-refractivity contribution < 1.29 is 14.3 Å². The fourth-order valence-electron chi connectivity index (χ4n) is 3.05. The predicted molar refractivity (Wildman–Crippen MR) is 94.0 cm³/mol. The number of nitrogens with one attached hydrogen (secondary N) is 2. The Labute approximate surface area is 143 Å². The van der Waals surface area contributed by atoms with E-state index >= 15 is 0 Å². The number of hydrogen-bond donors (Lipinski definition) is 2. The molecule has 2 N–H and O–H groups in total. The van der Waals surface area contributed by atoms with Gasteiger partial charge in [0, 0.05) is 18.8 Å². The minimum absolute atomic E-state index is 0.0257. The van der Waals surface area contributed by atoms with E-state index in [0.717, 1.165) is 29.9 Å². The second-order valence-corrected chi connectivity index (χ2v) is 6.54. The molecule has 1 aromatic rings. The van der Waals surface area contributed by atoms with Crippen LogP contribution in [0, 0.1) is 13.8 Å². The van der Waals surface area contributed by atoms with E-state index in [1.165, 1.54) is 0 Å². The van der Waals surface area contributed by atoms with Crippen LogP contribution in [-0.4, -0.2) is 55.1 Å². The number of aryl methyl sites for hydroxylation is 2. The van der Waals surface area contributed by atoms with Gasteiger partial charge in [-0.05, 0) is 38.8 Å². The van der Waals surface area contributed by atoms with Crippen molar-refractivity contribution in [2.24, 2.45) is 0 Å². The topological polar surface area (TPSA) is 70.7 Å². The molecule has 0 bridgehead atoms. The van der Waals surface area contributed by atoms with Crippen molar-refractivity contribution in [3.8, 4) is 0 Å². The summed E-state index contributed by atoms with van der Waals surface area (Å²) in [6.07, 6.45) is 0.239. The van der Waals surface area contributed by atoms with Gasteiger partial charge >= 0.3 is 0 Å². The van der Waals surface area contributed by atoms with Gasteiger partial charge in [-0.3, -0.25) is 14.5 Å². The summed E-state index contributed by atoms with van der Waals surface area (Å²) in [5.74, 6) is -0.364. The van der Waals surface area contributed by atoms with Crippen LogP contribution >= 0.6 is 0 Å². The van der Waals surface area contributed by atoms with Crippen molar-refractivity contribution in [1.29, 1.82) is 0 Å². The first-order valence-corrected chi connectivity index (χ1v) is 8.35. The minimum Gasteiger partial charge on any atom is -0.373 e. The molecule has 132 valence electrons. The molecule has 0 radical (unpaired) electrons. The summed E-state index contributed by atoms with van der Waals surface area (Å²) in [5.41, 5.74) is 2.82.